The summed E-state index contributed by atoms with van der Waals surface area (Å²) in [4.78, 5) is 41.4. The number of aldehydes is 3. The molecule has 4 heterocycles. The predicted octanol–water partition coefficient (Wildman–Crippen LogP) is 4.95. The van der Waals surface area contributed by atoms with Gasteiger partial charge in [-0.2, -0.15) is 10.0 Å². The summed E-state index contributed by atoms with van der Waals surface area (Å²) in [6, 6.07) is 21.7. The van der Waals surface area contributed by atoms with Crippen LogP contribution in [-0.4, -0.2) is 230 Å². The van der Waals surface area contributed by atoms with Crippen molar-refractivity contribution in [2.45, 2.75) is 95.9 Å². The van der Waals surface area contributed by atoms with Crippen molar-refractivity contribution in [3.05, 3.63) is 207 Å². The number of nitrogens with zero attached hydrogens (tertiary/aromatic N) is 4. The largest absolute Gasteiger partial charge is 1.00 e. The molecule has 44 heteroatoms. The number of aryl methyl sites for hydroxylation is 4. The number of benzene rings is 4. The Hall–Kier alpha value is -0.755. The van der Waals surface area contributed by atoms with Crippen molar-refractivity contribution in [3.8, 4) is 11.6 Å². The summed E-state index contributed by atoms with van der Waals surface area (Å²) in [6.07, 6.45) is 15.0. The van der Waals surface area contributed by atoms with Gasteiger partial charge in [-0.05, 0) is 227 Å². The molecule has 483 valence electrons. The summed E-state index contributed by atoms with van der Waals surface area (Å²) in [7, 11) is 82.4. The first-order valence-corrected chi connectivity index (χ1v) is 41.0. The minimum Gasteiger partial charge on any atom is -0.870 e. The molecule has 0 amide bonds. The second-order valence-electron chi connectivity index (χ2n) is 25.1. The van der Waals surface area contributed by atoms with Gasteiger partial charge in [0.25, 0.3) is 0 Å². The Bertz CT molecular complexity index is 4120. The molecule has 104 heavy (non-hydrogen) atoms. The van der Waals surface area contributed by atoms with Gasteiger partial charge in [0, 0.05) is 289 Å². The van der Waals surface area contributed by atoms with Crippen LogP contribution >= 0.6 is 108 Å². The average Bonchev–Trinajstić information content (AvgIpc) is 1.68. The zero-order valence-corrected chi connectivity index (χ0v) is 73.1. The summed E-state index contributed by atoms with van der Waals surface area (Å²) < 4.78 is 59.8. The average molecular weight is 1900 g/mol. The van der Waals surface area contributed by atoms with E-state index in [1.165, 1.54) is 11.4 Å². The molecule has 0 unspecified atom stereocenters. The molecule has 0 atom stereocenters. The van der Waals surface area contributed by atoms with Gasteiger partial charge in [-0.3, -0.25) is 19.0 Å². The summed E-state index contributed by atoms with van der Waals surface area (Å²) in [6.45, 7) is 9.81. The van der Waals surface area contributed by atoms with E-state index in [9.17, 15) is 27.6 Å². The number of carbonyl (C=O) groups is 3. The molecule has 3 aromatic heterocycles. The number of rotatable bonds is 15. The summed E-state index contributed by atoms with van der Waals surface area (Å²) in [5.41, 5.74) is 13.3. The molecule has 4 aromatic carbocycles. The second-order valence-corrected chi connectivity index (χ2v) is 28.7. The number of hydrogen-bond acceptors (Lipinski definition) is 8. The van der Waals surface area contributed by atoms with Crippen LogP contribution in [0.4, 0.5) is 13.2 Å². The van der Waals surface area contributed by atoms with Crippen molar-refractivity contribution < 1.29 is 93.7 Å². The molecule has 3 aliphatic carbocycles. The fraction of sp³-hybridized carbons (Fsp3) is 0.250. The van der Waals surface area contributed by atoms with E-state index < -0.39 is 62.6 Å². The van der Waals surface area contributed by atoms with Gasteiger partial charge in [-0.15, -0.1) is 0 Å². The van der Waals surface area contributed by atoms with Crippen LogP contribution in [0.5, 0.6) is 0 Å². The first kappa shape index (κ1) is 97.4. The molecular formula is C60H51B24Br3F3I3KN4O6. The third-order valence-electron chi connectivity index (χ3n) is 18.3. The van der Waals surface area contributed by atoms with Gasteiger partial charge >= 0.3 is 58.5 Å². The Labute approximate surface area is 739 Å². The standard InChI is InChI=1S/C22H17BrFNO.C16H22BN3O2.C10H5BrFIO.C10H6BrFO.CB12.CB11.I2.K.H2O/c1-13-3-4-14(2)25(13)17-7-5-15(6-8-17)18-9-10-19-20(18)11-16(12-26)21(23)22(19)24;1-11-7-8-12(2)20(11)14-18-9-13(10-19-14)17-21-15(3,4)16(5,6)22-17;11-9-5(4-14)3-7-6(10(9)12)1-2-8(7)13;11-9-7(5-13)4-6-2-1-3-8(6)10(9)12;2-10(3)1(11(4)5,12(6)7)13(8)9;2-9-1(10(3)4,11(5)6)12(7)8;1-2;;/h3-9,11-12H,10H2,1-2H3;7-10H,1-6H3;2-4H,1H2;1-2,4-5H,3H2;;;;;1H2/q;;;;;;;+1;/p-1. The first-order chi connectivity index (χ1) is 47.8. The number of halogens is 9. The van der Waals surface area contributed by atoms with Gasteiger partial charge in [0.1, 0.15) is 17.5 Å². The maximum absolute atomic E-state index is 14.5. The van der Waals surface area contributed by atoms with Crippen molar-refractivity contribution in [2.24, 2.45) is 0 Å². The van der Waals surface area contributed by atoms with Crippen LogP contribution in [0.25, 0.3) is 26.9 Å². The van der Waals surface area contributed by atoms with Crippen LogP contribution in [0.15, 0.2) is 111 Å². The zero-order valence-electron chi connectivity index (χ0n) is 58.7. The van der Waals surface area contributed by atoms with E-state index in [0.29, 0.717) is 77.4 Å². The van der Waals surface area contributed by atoms with E-state index in [1.807, 2.05) is 70.4 Å². The van der Waals surface area contributed by atoms with Crippen molar-refractivity contribution in [1.29, 1.82) is 0 Å². The van der Waals surface area contributed by atoms with E-state index in [1.54, 1.807) is 30.6 Å². The third-order valence-corrected chi connectivity index (χ3v) is 21.7. The number of aromatic nitrogens is 4. The number of carbonyl (C=O) groups excluding carboxylic acids is 3. The van der Waals surface area contributed by atoms with Gasteiger partial charge < -0.3 is 19.4 Å². The van der Waals surface area contributed by atoms with Gasteiger partial charge in [0.2, 0.25) is 5.95 Å². The van der Waals surface area contributed by atoms with Crippen molar-refractivity contribution in [1.82, 2.24) is 19.1 Å². The molecule has 4 aliphatic rings. The maximum Gasteiger partial charge on any atom is 1.00 e. The summed E-state index contributed by atoms with van der Waals surface area (Å²) >= 11 is 15.7. The van der Waals surface area contributed by atoms with Gasteiger partial charge in [0.05, 0.1) is 24.6 Å². The summed E-state index contributed by atoms with van der Waals surface area (Å²) in [5, 5.41) is -2.42. The molecule has 1 fully saturated rings. The Morgan fingerprint density at radius 1 is 0.567 bits per heavy atom. The monoisotopic (exact) mass is 1900 g/mol. The van der Waals surface area contributed by atoms with Crippen LogP contribution in [0.3, 0.4) is 0 Å². The Morgan fingerprint density at radius 3 is 1.32 bits per heavy atom. The molecule has 0 spiro atoms. The Morgan fingerprint density at radius 2 is 0.942 bits per heavy atom. The fourth-order valence-corrected chi connectivity index (χ4v) is 13.5. The molecule has 0 bridgehead atoms. The quantitative estimate of drug-likeness (QED) is 0.0801. The van der Waals surface area contributed by atoms with Crippen molar-refractivity contribution in [3.63, 3.8) is 0 Å². The molecule has 11 rings (SSSR count). The van der Waals surface area contributed by atoms with E-state index >= 15 is 0 Å². The first-order valence-electron chi connectivity index (χ1n) is 31.3. The van der Waals surface area contributed by atoms with E-state index in [2.05, 4.69) is 185 Å². The second kappa shape index (κ2) is 42.9. The number of hydrogen-bond donors (Lipinski definition) is 0. The minimum atomic E-state index is -1.28. The third kappa shape index (κ3) is 22.0. The molecule has 1 aliphatic heterocycles. The van der Waals surface area contributed by atoms with Gasteiger partial charge in [0.15, 0.2) is 18.9 Å². The molecule has 31 radical (unpaired) electrons. The smallest absolute Gasteiger partial charge is 0.870 e. The Kier molecular flexibility index (Phi) is 40.2. The van der Waals surface area contributed by atoms with Crippen LogP contribution < -0.4 is 56.8 Å². The molecule has 1 N–H and O–H groups in total. The van der Waals surface area contributed by atoms with Crippen molar-refractivity contribution >= 4 is 323 Å². The van der Waals surface area contributed by atoms with Crippen LogP contribution in [0, 0.1) is 45.1 Å². The van der Waals surface area contributed by atoms with Gasteiger partial charge in [-0.1, -0.05) is 36.4 Å². The summed E-state index contributed by atoms with van der Waals surface area (Å²) in [5.74, 6) is -0.302. The van der Waals surface area contributed by atoms with Crippen LogP contribution in [0.1, 0.15) is 120 Å². The number of allylic oxidation sites excluding steroid dienone is 3. The maximum atomic E-state index is 14.5. The fourth-order valence-electron chi connectivity index (χ4n) is 11.5. The minimum absolute atomic E-state index is 0. The van der Waals surface area contributed by atoms with E-state index in [4.69, 9.17) is 125 Å². The molecule has 1 saturated heterocycles. The van der Waals surface area contributed by atoms with Crippen molar-refractivity contribution in [2.75, 3.05) is 0 Å². The zero-order chi connectivity index (χ0) is 77.0. The van der Waals surface area contributed by atoms with Crippen LogP contribution in [0.2, 0.25) is 10.0 Å². The molecule has 7 aromatic rings. The van der Waals surface area contributed by atoms with Crippen LogP contribution in [-0.2, 0) is 28.6 Å². The predicted molar refractivity (Wildman–Crippen MR) is 477 cm³/mol. The van der Waals surface area contributed by atoms with E-state index in [0.717, 1.165) is 61.1 Å². The molecular weight excluding hydrogens is 1850 g/mol. The van der Waals surface area contributed by atoms with E-state index in [-0.39, 0.29) is 98.9 Å². The molecule has 10 nitrogen and oxygen atoms in total. The Balaban J connectivity index is 0.000000330. The topological polar surface area (TPSA) is 135 Å². The molecule has 0 saturated carbocycles. The normalized spacial score (nSPS) is 13.4. The SMILES string of the molecule is Cc1ccc(C)n1-c1ccc(C2=CCc3c2cc(C=O)c(Br)c3F)cc1.Cc1ccc(C)n1-c1ncc(B2OC(C)(C)C(C)(C)O2)cn1.II.O=Cc1cc2c(c(F)c1Br)CC=C2.O=Cc1cc2c(c(F)c1Br)CC=C2I.[B]B([B])C(B([B])[B])(B([B])[B])B([B])[B].[B][B]C(B([B])[B])(B([B])[B])B([B])[B].[K+].[OH-]. The number of fused-ring (bicyclic) bond motifs is 3. The van der Waals surface area contributed by atoms with Gasteiger partial charge in [-0.25, -0.2) is 23.1 Å².